The molecule has 0 spiro atoms. The number of fused-ring (bicyclic) bond motifs is 1. The number of anilines is 2. The summed E-state index contributed by atoms with van der Waals surface area (Å²) in [5.74, 6) is -2.07. The lowest BCUT2D eigenvalue weighted by molar-refractivity contribution is -0.151. The van der Waals surface area contributed by atoms with Crippen molar-refractivity contribution in [1.29, 1.82) is 5.26 Å². The highest BCUT2D eigenvalue weighted by Gasteiger charge is 2.31. The van der Waals surface area contributed by atoms with Crippen molar-refractivity contribution in [2.45, 2.75) is 13.0 Å². The molecule has 11 heteroatoms. The summed E-state index contributed by atoms with van der Waals surface area (Å²) in [6, 6.07) is 12.8. The van der Waals surface area contributed by atoms with Crippen LogP contribution in [0.2, 0.25) is 0 Å². The van der Waals surface area contributed by atoms with E-state index in [1.807, 2.05) is 6.07 Å². The Balaban J connectivity index is 1.82. The van der Waals surface area contributed by atoms with E-state index in [4.69, 9.17) is 21.6 Å². The number of carbonyl (C=O) groups is 3. The van der Waals surface area contributed by atoms with E-state index in [-0.39, 0.29) is 12.4 Å². The number of hydrogen-bond acceptors (Lipinski definition) is 6. The topological polar surface area (TPSA) is 148 Å². The predicted octanol–water partition coefficient (Wildman–Crippen LogP) is 2.07. The Morgan fingerprint density at radius 1 is 1.18 bits per heavy atom. The van der Waals surface area contributed by atoms with E-state index in [0.717, 1.165) is 13.3 Å². The van der Waals surface area contributed by atoms with Gasteiger partial charge in [0.2, 0.25) is 5.91 Å². The molecule has 0 fully saturated rings. The number of aromatic nitrogens is 2. The summed E-state index contributed by atoms with van der Waals surface area (Å²) < 4.78 is 5.10. The zero-order valence-corrected chi connectivity index (χ0v) is 18.2. The van der Waals surface area contributed by atoms with Crippen molar-refractivity contribution in [3.05, 3.63) is 64.9 Å². The normalized spacial score (nSPS) is 11.4. The molecule has 0 saturated carbocycles. The van der Waals surface area contributed by atoms with Gasteiger partial charge < -0.3 is 24.9 Å². The van der Waals surface area contributed by atoms with Gasteiger partial charge in [0, 0.05) is 30.7 Å². The maximum atomic E-state index is 13.2. The molecule has 3 rings (SSSR count). The largest absolute Gasteiger partial charge is 0.452 e. The summed E-state index contributed by atoms with van der Waals surface area (Å²) in [7, 11) is 0. The van der Waals surface area contributed by atoms with Crippen molar-refractivity contribution in [3.8, 4) is 6.07 Å². The molecular weight excluding hydrogens is 450 g/mol. The second-order valence-corrected chi connectivity index (χ2v) is 7.24. The Morgan fingerprint density at radius 2 is 1.88 bits per heavy atom. The van der Waals surface area contributed by atoms with Crippen LogP contribution in [0.25, 0.3) is 11.0 Å². The minimum atomic E-state index is -1.52. The number of imidazole rings is 1. The van der Waals surface area contributed by atoms with Gasteiger partial charge in [-0.3, -0.25) is 14.4 Å². The molecule has 0 aliphatic carbocycles. The van der Waals surface area contributed by atoms with Crippen molar-refractivity contribution >= 4 is 51.8 Å². The maximum absolute atomic E-state index is 13.2. The molecule has 1 atom stereocenters. The summed E-state index contributed by atoms with van der Waals surface area (Å²) in [6.45, 7) is 1.18. The zero-order valence-electron chi connectivity index (χ0n) is 17.4. The molecule has 1 heterocycles. The number of esters is 1. The Bertz CT molecular complexity index is 1270. The highest BCUT2D eigenvalue weighted by Crippen LogP contribution is 2.21. The second-order valence-electron chi connectivity index (χ2n) is 6.86. The number of rotatable bonds is 8. The molecule has 33 heavy (non-hydrogen) atoms. The van der Waals surface area contributed by atoms with Gasteiger partial charge in [0.05, 0.1) is 22.7 Å². The van der Waals surface area contributed by atoms with Crippen LogP contribution in [0.1, 0.15) is 12.5 Å². The fourth-order valence-corrected chi connectivity index (χ4v) is 3.25. The number of halogens is 1. The SMILES string of the molecule is CC(=O)O[C@H]([CH]C(=O)Nc1ccc(C#N)cc1)C(=O)N(CCCl)c1ccc2[nH]c(=O)[nH]c2c1. The predicted molar refractivity (Wildman–Crippen MR) is 122 cm³/mol. The fourth-order valence-electron chi connectivity index (χ4n) is 3.08. The average Bonchev–Trinajstić information content (AvgIpc) is 3.16. The van der Waals surface area contributed by atoms with Gasteiger partial charge in [0.25, 0.3) is 5.91 Å². The first-order valence-corrected chi connectivity index (χ1v) is 10.3. The Hall–Kier alpha value is -4.10. The van der Waals surface area contributed by atoms with E-state index in [1.54, 1.807) is 18.2 Å². The van der Waals surface area contributed by atoms with E-state index in [2.05, 4.69) is 15.3 Å². The number of alkyl halides is 1. The quantitative estimate of drug-likeness (QED) is 0.340. The third-order valence-corrected chi connectivity index (χ3v) is 4.68. The number of nitrogens with zero attached hydrogens (tertiary/aromatic N) is 2. The third-order valence-electron chi connectivity index (χ3n) is 4.51. The Labute approximate surface area is 193 Å². The first-order chi connectivity index (χ1) is 15.8. The van der Waals surface area contributed by atoms with Crippen LogP contribution in [0.5, 0.6) is 0 Å². The molecule has 1 aromatic heterocycles. The van der Waals surface area contributed by atoms with E-state index >= 15 is 0 Å². The Morgan fingerprint density at radius 3 is 2.52 bits per heavy atom. The monoisotopic (exact) mass is 468 g/mol. The van der Waals surface area contributed by atoms with Gasteiger partial charge in [-0.05, 0) is 42.5 Å². The van der Waals surface area contributed by atoms with Crippen LogP contribution in [0.15, 0.2) is 47.3 Å². The summed E-state index contributed by atoms with van der Waals surface area (Å²) >= 11 is 5.88. The van der Waals surface area contributed by atoms with Gasteiger partial charge in [-0.25, -0.2) is 4.79 Å². The molecule has 2 amide bonds. The molecule has 0 aliphatic rings. The van der Waals surface area contributed by atoms with Crippen molar-refractivity contribution in [1.82, 2.24) is 9.97 Å². The second kappa shape index (κ2) is 10.5. The zero-order chi connectivity index (χ0) is 24.0. The molecule has 169 valence electrons. The highest BCUT2D eigenvalue weighted by atomic mass is 35.5. The minimum absolute atomic E-state index is 0.0589. The number of aromatic amines is 2. The molecule has 0 aliphatic heterocycles. The van der Waals surface area contributed by atoms with Gasteiger partial charge in [-0.15, -0.1) is 11.6 Å². The number of nitriles is 1. The highest BCUT2D eigenvalue weighted by molar-refractivity contribution is 6.18. The van der Waals surface area contributed by atoms with Crippen LogP contribution in [-0.4, -0.2) is 46.3 Å². The van der Waals surface area contributed by atoms with Gasteiger partial charge in [0.15, 0.2) is 6.10 Å². The Kier molecular flexibility index (Phi) is 7.48. The number of amides is 2. The molecule has 3 aromatic rings. The fraction of sp³-hybridized carbons (Fsp3) is 0.182. The number of benzene rings is 2. The van der Waals surface area contributed by atoms with Gasteiger partial charge >= 0.3 is 11.7 Å². The number of carbonyl (C=O) groups excluding carboxylic acids is 3. The average molecular weight is 469 g/mol. The van der Waals surface area contributed by atoms with Crippen molar-refractivity contribution < 1.29 is 19.1 Å². The van der Waals surface area contributed by atoms with E-state index in [0.29, 0.717) is 28.0 Å². The number of nitrogens with one attached hydrogen (secondary N) is 3. The lowest BCUT2D eigenvalue weighted by Gasteiger charge is -2.26. The van der Waals surface area contributed by atoms with Gasteiger partial charge in [0.1, 0.15) is 6.42 Å². The van der Waals surface area contributed by atoms with Crippen LogP contribution in [-0.2, 0) is 19.1 Å². The summed E-state index contributed by atoms with van der Waals surface area (Å²) in [5, 5.41) is 11.4. The summed E-state index contributed by atoms with van der Waals surface area (Å²) in [4.78, 5) is 55.4. The van der Waals surface area contributed by atoms with E-state index in [9.17, 15) is 19.2 Å². The van der Waals surface area contributed by atoms with Crippen LogP contribution >= 0.6 is 11.6 Å². The third kappa shape index (κ3) is 5.99. The lowest BCUT2D eigenvalue weighted by Crippen LogP contribution is -2.44. The maximum Gasteiger partial charge on any atom is 0.323 e. The molecule has 2 aromatic carbocycles. The number of ether oxygens (including phenoxy) is 1. The van der Waals surface area contributed by atoms with Crippen molar-refractivity contribution in [2.24, 2.45) is 0 Å². The van der Waals surface area contributed by atoms with Gasteiger partial charge in [-0.1, -0.05) is 0 Å². The first kappa shape index (κ1) is 23.6. The molecule has 3 N–H and O–H groups in total. The summed E-state index contributed by atoms with van der Waals surface area (Å²) in [6.07, 6.45) is -0.579. The van der Waals surface area contributed by atoms with Gasteiger partial charge in [-0.2, -0.15) is 5.26 Å². The van der Waals surface area contributed by atoms with Crippen molar-refractivity contribution in [2.75, 3.05) is 22.6 Å². The minimum Gasteiger partial charge on any atom is -0.452 e. The van der Waals surface area contributed by atoms with Crippen LogP contribution in [0, 0.1) is 17.8 Å². The van der Waals surface area contributed by atoms with E-state index in [1.165, 1.54) is 29.2 Å². The summed E-state index contributed by atoms with van der Waals surface area (Å²) in [5.41, 5.74) is 1.82. The number of H-pyrrole nitrogens is 2. The molecule has 10 nitrogen and oxygen atoms in total. The van der Waals surface area contributed by atoms with Crippen LogP contribution < -0.4 is 15.9 Å². The van der Waals surface area contributed by atoms with E-state index < -0.39 is 29.6 Å². The molecule has 0 unspecified atom stereocenters. The molecule has 0 bridgehead atoms. The standard InChI is InChI=1S/C22H19ClN5O5/c1-13(29)33-19(11-20(30)25-15-4-2-14(12-24)3-5-15)21(31)28(9-8-23)16-6-7-17-18(10-16)27-22(32)26-17/h2-7,10-11,19H,8-9H2,1H3,(H,25,30)(H2,26,27,32)/t19-/m1/s1. The molecular formula is C22H19ClN5O5. The first-order valence-electron chi connectivity index (χ1n) is 9.73. The smallest absolute Gasteiger partial charge is 0.323 e. The van der Waals surface area contributed by atoms with Crippen LogP contribution in [0.3, 0.4) is 0 Å². The van der Waals surface area contributed by atoms with Crippen molar-refractivity contribution in [3.63, 3.8) is 0 Å². The molecule has 1 radical (unpaired) electrons. The number of hydrogen-bond donors (Lipinski definition) is 3. The molecule has 0 saturated heterocycles. The van der Waals surface area contributed by atoms with Crippen LogP contribution in [0.4, 0.5) is 11.4 Å². The lowest BCUT2D eigenvalue weighted by atomic mass is 10.1.